The van der Waals surface area contributed by atoms with Crippen LogP contribution in [0.1, 0.15) is 37.0 Å². The molecule has 0 spiro atoms. The molecule has 7 nitrogen and oxygen atoms in total. The van der Waals surface area contributed by atoms with Crippen LogP contribution in [0, 0.1) is 0 Å². The fourth-order valence-electron chi connectivity index (χ4n) is 3.49. The largest absolute Gasteiger partial charge is 0.494 e. The monoisotopic (exact) mass is 552 g/mol. The highest BCUT2D eigenvalue weighted by Crippen LogP contribution is 2.35. The maximum Gasteiger partial charge on any atom is 0.222 e. The molecule has 32 heavy (non-hydrogen) atoms. The fraction of sp³-hybridized carbons (Fsp3) is 0.417. The Morgan fingerprint density at radius 2 is 1.94 bits per heavy atom. The molecule has 1 unspecified atom stereocenters. The van der Waals surface area contributed by atoms with E-state index in [0.29, 0.717) is 38.6 Å². The summed E-state index contributed by atoms with van der Waals surface area (Å²) < 4.78 is 11.7. The minimum Gasteiger partial charge on any atom is -0.494 e. The van der Waals surface area contributed by atoms with Crippen LogP contribution in [0.2, 0.25) is 0 Å². The van der Waals surface area contributed by atoms with Crippen molar-refractivity contribution in [2.45, 2.75) is 45.9 Å². The molecule has 8 heteroatoms. The third kappa shape index (κ3) is 7.58. The van der Waals surface area contributed by atoms with Crippen molar-refractivity contribution >= 4 is 35.8 Å². The molecule has 1 aliphatic heterocycles. The Morgan fingerprint density at radius 1 is 1.16 bits per heavy atom. The van der Waals surface area contributed by atoms with Crippen LogP contribution in [-0.4, -0.2) is 38.2 Å². The van der Waals surface area contributed by atoms with Gasteiger partial charge in [0, 0.05) is 50.7 Å². The Morgan fingerprint density at radius 3 is 2.66 bits per heavy atom. The zero-order valence-electron chi connectivity index (χ0n) is 18.9. The van der Waals surface area contributed by atoms with Gasteiger partial charge in [0.05, 0.1) is 6.61 Å². The van der Waals surface area contributed by atoms with Gasteiger partial charge >= 0.3 is 0 Å². The number of carbonyl (C=O) groups is 1. The van der Waals surface area contributed by atoms with E-state index in [2.05, 4.69) is 33.9 Å². The zero-order valence-corrected chi connectivity index (χ0v) is 21.3. The number of rotatable bonds is 9. The van der Waals surface area contributed by atoms with Gasteiger partial charge in [0.25, 0.3) is 0 Å². The number of nitrogens with one attached hydrogen (secondary N) is 3. The topological polar surface area (TPSA) is 84.0 Å². The van der Waals surface area contributed by atoms with Crippen molar-refractivity contribution in [2.24, 2.45) is 4.99 Å². The van der Waals surface area contributed by atoms with Gasteiger partial charge in [0.1, 0.15) is 17.6 Å². The summed E-state index contributed by atoms with van der Waals surface area (Å²) in [5.41, 5.74) is 3.28. The molecule has 1 aliphatic rings. The Labute approximate surface area is 207 Å². The predicted molar refractivity (Wildman–Crippen MR) is 138 cm³/mol. The highest BCUT2D eigenvalue weighted by molar-refractivity contribution is 14.0. The highest BCUT2D eigenvalue weighted by Gasteiger charge is 2.21. The second-order valence-corrected chi connectivity index (χ2v) is 7.50. The molecular weight excluding hydrogens is 519 g/mol. The maximum absolute atomic E-state index is 12.1. The maximum atomic E-state index is 12.1. The van der Waals surface area contributed by atoms with Crippen LogP contribution in [0.4, 0.5) is 0 Å². The van der Waals surface area contributed by atoms with Gasteiger partial charge in [-0.3, -0.25) is 9.79 Å². The molecule has 1 atom stereocenters. The van der Waals surface area contributed by atoms with Gasteiger partial charge in [-0.2, -0.15) is 0 Å². The van der Waals surface area contributed by atoms with Crippen molar-refractivity contribution < 1.29 is 14.3 Å². The minimum atomic E-state index is -0.00433. The first-order valence-electron chi connectivity index (χ1n) is 10.8. The first-order chi connectivity index (χ1) is 15.1. The Bertz CT molecular complexity index is 906. The molecule has 2 aromatic carbocycles. The van der Waals surface area contributed by atoms with Crippen LogP contribution in [0.15, 0.2) is 47.5 Å². The van der Waals surface area contributed by atoms with Crippen molar-refractivity contribution in [3.05, 3.63) is 59.2 Å². The van der Waals surface area contributed by atoms with Crippen LogP contribution >= 0.6 is 24.0 Å². The third-order valence-corrected chi connectivity index (χ3v) is 5.03. The third-order valence-electron chi connectivity index (χ3n) is 5.03. The standard InChI is InChI=1S/C24H32N4O3.HI/c1-4-30-21-13-19-12-17(2)31-22(19)14-20(21)16-28-24(25-3)26-11-10-23(29)27-15-18-8-6-5-7-9-18;/h5-9,13-14,17H,4,10-12,15-16H2,1-3H3,(H,27,29)(H2,25,26,28);1H. The van der Waals surface area contributed by atoms with Crippen LogP contribution in [0.25, 0.3) is 0 Å². The molecule has 174 valence electrons. The predicted octanol–water partition coefficient (Wildman–Crippen LogP) is 3.40. The summed E-state index contributed by atoms with van der Waals surface area (Å²) in [5.74, 6) is 2.41. The van der Waals surface area contributed by atoms with Crippen LogP contribution in [0.5, 0.6) is 11.5 Å². The molecule has 0 radical (unpaired) electrons. The van der Waals surface area contributed by atoms with Gasteiger partial charge in [-0.25, -0.2) is 0 Å². The molecule has 0 aromatic heterocycles. The fourth-order valence-corrected chi connectivity index (χ4v) is 3.49. The van der Waals surface area contributed by atoms with Crippen molar-refractivity contribution in [3.8, 4) is 11.5 Å². The molecule has 0 aliphatic carbocycles. The van der Waals surface area contributed by atoms with Gasteiger partial charge in [-0.1, -0.05) is 30.3 Å². The molecule has 3 rings (SSSR count). The molecule has 3 N–H and O–H groups in total. The van der Waals surface area contributed by atoms with E-state index in [4.69, 9.17) is 9.47 Å². The van der Waals surface area contributed by atoms with Crippen LogP contribution in [-0.2, 0) is 24.3 Å². The number of hydrogen-bond acceptors (Lipinski definition) is 4. The summed E-state index contributed by atoms with van der Waals surface area (Å²) in [6, 6.07) is 14.0. The lowest BCUT2D eigenvalue weighted by molar-refractivity contribution is -0.121. The first kappa shape index (κ1) is 25.8. The lowest BCUT2D eigenvalue weighted by atomic mass is 10.1. The number of amides is 1. The van der Waals surface area contributed by atoms with Gasteiger partial charge in [0.2, 0.25) is 5.91 Å². The molecule has 0 fully saturated rings. The van der Waals surface area contributed by atoms with Crippen molar-refractivity contribution in [2.75, 3.05) is 20.2 Å². The number of fused-ring (bicyclic) bond motifs is 1. The van der Waals surface area contributed by atoms with E-state index in [-0.39, 0.29) is 36.0 Å². The lowest BCUT2D eigenvalue weighted by Crippen LogP contribution is -2.39. The van der Waals surface area contributed by atoms with Gasteiger partial charge in [-0.05, 0) is 31.5 Å². The van der Waals surface area contributed by atoms with E-state index in [1.165, 1.54) is 5.56 Å². The van der Waals surface area contributed by atoms with Crippen molar-refractivity contribution in [3.63, 3.8) is 0 Å². The van der Waals surface area contributed by atoms with E-state index in [9.17, 15) is 4.79 Å². The van der Waals surface area contributed by atoms with E-state index >= 15 is 0 Å². The number of benzene rings is 2. The van der Waals surface area contributed by atoms with Gasteiger partial charge in [-0.15, -0.1) is 24.0 Å². The molecule has 0 saturated heterocycles. The van der Waals surface area contributed by atoms with Gasteiger partial charge < -0.3 is 25.4 Å². The van der Waals surface area contributed by atoms with E-state index in [0.717, 1.165) is 29.0 Å². The van der Waals surface area contributed by atoms with Crippen LogP contribution in [0.3, 0.4) is 0 Å². The van der Waals surface area contributed by atoms with Crippen LogP contribution < -0.4 is 25.4 Å². The average molecular weight is 552 g/mol. The number of carbonyl (C=O) groups excluding carboxylic acids is 1. The number of aliphatic imine (C=N–C) groups is 1. The second-order valence-electron chi connectivity index (χ2n) is 7.50. The number of hydrogen-bond donors (Lipinski definition) is 3. The summed E-state index contributed by atoms with van der Waals surface area (Å²) in [6.07, 6.45) is 1.45. The summed E-state index contributed by atoms with van der Waals surface area (Å²) in [5, 5.41) is 9.40. The average Bonchev–Trinajstić information content (AvgIpc) is 3.14. The van der Waals surface area contributed by atoms with Crippen molar-refractivity contribution in [1.82, 2.24) is 16.0 Å². The summed E-state index contributed by atoms with van der Waals surface area (Å²) in [4.78, 5) is 16.3. The molecule has 2 aromatic rings. The molecule has 0 saturated carbocycles. The lowest BCUT2D eigenvalue weighted by Gasteiger charge is -2.15. The Balaban J connectivity index is 0.00000363. The number of nitrogens with zero attached hydrogens (tertiary/aromatic N) is 1. The molecule has 1 heterocycles. The van der Waals surface area contributed by atoms with Crippen molar-refractivity contribution in [1.29, 1.82) is 0 Å². The Hall–Kier alpha value is -2.49. The number of halogens is 1. The molecule has 1 amide bonds. The zero-order chi connectivity index (χ0) is 22.1. The highest BCUT2D eigenvalue weighted by atomic mass is 127. The van der Waals surface area contributed by atoms with E-state index < -0.39 is 0 Å². The second kappa shape index (κ2) is 13.1. The summed E-state index contributed by atoms with van der Waals surface area (Å²) in [7, 11) is 1.71. The first-order valence-corrected chi connectivity index (χ1v) is 10.8. The number of ether oxygens (including phenoxy) is 2. The normalized spacial score (nSPS) is 14.6. The van der Waals surface area contributed by atoms with E-state index in [1.54, 1.807) is 7.05 Å². The SMILES string of the molecule is CCOc1cc2c(cc1CNC(=NC)NCCC(=O)NCc1ccccc1)OC(C)C2.I. The number of guanidine groups is 1. The molecular formula is C24H33IN4O3. The minimum absolute atomic E-state index is 0. The quantitative estimate of drug-likeness (QED) is 0.253. The summed E-state index contributed by atoms with van der Waals surface area (Å²) in [6.45, 7) is 6.22. The van der Waals surface area contributed by atoms with E-state index in [1.807, 2.05) is 43.3 Å². The summed E-state index contributed by atoms with van der Waals surface area (Å²) >= 11 is 0. The Kier molecular flexibility index (Phi) is 10.6. The van der Waals surface area contributed by atoms with Gasteiger partial charge in [0.15, 0.2) is 5.96 Å². The molecule has 0 bridgehead atoms. The smallest absolute Gasteiger partial charge is 0.222 e.